The van der Waals surface area contributed by atoms with Gasteiger partial charge in [-0.05, 0) is 73.9 Å². The monoisotopic (exact) mass is 441 g/mol. The summed E-state index contributed by atoms with van der Waals surface area (Å²) in [7, 11) is -1.32. The molecule has 2 aromatic carbocycles. The number of hydrogen-bond donors (Lipinski definition) is 1. The minimum absolute atomic E-state index is 0.628. The van der Waals surface area contributed by atoms with Crippen LogP contribution in [-0.2, 0) is 11.0 Å². The van der Waals surface area contributed by atoms with Crippen LogP contribution in [0.4, 0.5) is 5.69 Å². The molecule has 0 aliphatic rings. The van der Waals surface area contributed by atoms with Gasteiger partial charge in [-0.1, -0.05) is 80.5 Å². The maximum Gasteiger partial charge on any atom is 0.150 e. The lowest BCUT2D eigenvalue weighted by molar-refractivity contribution is 0.686. The highest BCUT2D eigenvalue weighted by atomic mass is 35.5. The lowest BCUT2D eigenvalue weighted by atomic mass is 10.1. The van der Waals surface area contributed by atoms with Crippen LogP contribution in [0.15, 0.2) is 95.0 Å². The fraction of sp³-hybridized carbons (Fsp3) is 0.231. The van der Waals surface area contributed by atoms with Crippen LogP contribution in [0.25, 0.3) is 6.08 Å². The third-order valence-electron chi connectivity index (χ3n) is 3.93. The molecule has 0 aliphatic carbocycles. The van der Waals surface area contributed by atoms with Crippen LogP contribution in [-0.4, -0.2) is 4.21 Å². The van der Waals surface area contributed by atoms with Gasteiger partial charge in [0.1, 0.15) is 11.0 Å². The summed E-state index contributed by atoms with van der Waals surface area (Å²) in [6, 6.07) is 14.8. The Balaban J connectivity index is 0.00000141. The van der Waals surface area contributed by atoms with Crippen molar-refractivity contribution in [3.8, 4) is 0 Å². The van der Waals surface area contributed by atoms with E-state index in [1.165, 1.54) is 17.6 Å². The zero-order valence-electron chi connectivity index (χ0n) is 18.5. The molecule has 0 aliphatic heterocycles. The van der Waals surface area contributed by atoms with Gasteiger partial charge in [0.2, 0.25) is 0 Å². The maximum atomic E-state index is 12.3. The van der Waals surface area contributed by atoms with E-state index >= 15 is 0 Å². The van der Waals surface area contributed by atoms with Crippen LogP contribution in [0.1, 0.15) is 46.6 Å². The molecule has 30 heavy (non-hydrogen) atoms. The Morgan fingerprint density at radius 2 is 1.50 bits per heavy atom. The highest BCUT2D eigenvalue weighted by Crippen LogP contribution is 2.17. The fourth-order valence-electron chi connectivity index (χ4n) is 2.27. The molecule has 1 unspecified atom stereocenters. The molecule has 0 saturated heterocycles. The normalized spacial score (nSPS) is 13.3. The second kappa shape index (κ2) is 14.6. The Bertz CT molecular complexity index is 907. The van der Waals surface area contributed by atoms with Crippen LogP contribution in [0.3, 0.4) is 0 Å². The molecule has 0 spiro atoms. The van der Waals surface area contributed by atoms with Crippen molar-refractivity contribution >= 4 is 34.3 Å². The molecule has 160 valence electrons. The molecule has 1 atom stereocenters. The van der Waals surface area contributed by atoms with Gasteiger partial charge in [0, 0.05) is 10.7 Å². The molecule has 0 bridgehead atoms. The lowest BCUT2D eigenvalue weighted by Crippen LogP contribution is -2.04. The molecule has 0 fully saturated rings. The summed E-state index contributed by atoms with van der Waals surface area (Å²) in [6.45, 7) is 10.5. The number of hydrogen-bond acceptors (Lipinski definition) is 1. The number of benzene rings is 2. The largest absolute Gasteiger partial charge is 0.301 e. The van der Waals surface area contributed by atoms with Gasteiger partial charge < -0.3 is 4.72 Å². The zero-order valence-corrected chi connectivity index (χ0v) is 20.1. The predicted molar refractivity (Wildman–Crippen MR) is 135 cm³/mol. The average Bonchev–Trinajstić information content (AvgIpc) is 2.73. The SMILES string of the molecule is CCC.C\C=C/C(C)=C(C)\C=C\C=C\c1ccc(NS(=O)c2ccc(Cl)cc2)cc1. The summed E-state index contributed by atoms with van der Waals surface area (Å²) in [4.78, 5) is 0.685. The van der Waals surface area contributed by atoms with Gasteiger partial charge in [-0.3, -0.25) is 0 Å². The second-order valence-corrected chi connectivity index (χ2v) is 8.39. The van der Waals surface area contributed by atoms with E-state index in [1.54, 1.807) is 24.3 Å². The van der Waals surface area contributed by atoms with Crippen molar-refractivity contribution < 1.29 is 4.21 Å². The van der Waals surface area contributed by atoms with Gasteiger partial charge in [0.25, 0.3) is 0 Å². The lowest BCUT2D eigenvalue weighted by Gasteiger charge is -2.06. The smallest absolute Gasteiger partial charge is 0.150 e. The quantitative estimate of drug-likeness (QED) is 0.429. The van der Waals surface area contributed by atoms with Crippen molar-refractivity contribution in [3.63, 3.8) is 0 Å². The highest BCUT2D eigenvalue weighted by molar-refractivity contribution is 7.86. The van der Waals surface area contributed by atoms with E-state index in [-0.39, 0.29) is 0 Å². The van der Waals surface area contributed by atoms with Gasteiger partial charge in [-0.15, -0.1) is 0 Å². The van der Waals surface area contributed by atoms with Crippen LogP contribution in [0.5, 0.6) is 0 Å². The van der Waals surface area contributed by atoms with Crippen molar-refractivity contribution in [3.05, 3.63) is 101 Å². The van der Waals surface area contributed by atoms with Crippen LogP contribution >= 0.6 is 11.6 Å². The van der Waals surface area contributed by atoms with E-state index < -0.39 is 11.0 Å². The summed E-state index contributed by atoms with van der Waals surface area (Å²) in [5.41, 5.74) is 4.37. The molecular weight excluding hydrogens is 410 g/mol. The van der Waals surface area contributed by atoms with Gasteiger partial charge in [-0.2, -0.15) is 0 Å². The molecule has 0 radical (unpaired) electrons. The molecular formula is C26H32ClNOS. The predicted octanol–water partition coefficient (Wildman–Crippen LogP) is 8.37. The van der Waals surface area contributed by atoms with Gasteiger partial charge in [-0.25, -0.2) is 4.21 Å². The summed E-state index contributed by atoms with van der Waals surface area (Å²) in [5, 5.41) is 0.628. The molecule has 2 aromatic rings. The summed E-state index contributed by atoms with van der Waals surface area (Å²) >= 11 is 5.86. The Kier molecular flexibility index (Phi) is 12.5. The maximum absolute atomic E-state index is 12.3. The van der Waals surface area contributed by atoms with E-state index in [9.17, 15) is 4.21 Å². The summed E-state index contributed by atoms with van der Waals surface area (Å²) in [5.74, 6) is 0. The highest BCUT2D eigenvalue weighted by Gasteiger charge is 2.03. The third-order valence-corrected chi connectivity index (χ3v) is 5.31. The first-order valence-electron chi connectivity index (χ1n) is 10.1. The summed E-state index contributed by atoms with van der Waals surface area (Å²) in [6.07, 6.45) is 13.6. The van der Waals surface area contributed by atoms with Crippen molar-refractivity contribution in [2.24, 2.45) is 0 Å². The fourth-order valence-corrected chi connectivity index (χ4v) is 3.24. The van der Waals surface area contributed by atoms with Gasteiger partial charge in [0.15, 0.2) is 0 Å². The molecule has 4 heteroatoms. The van der Waals surface area contributed by atoms with E-state index in [1.807, 2.05) is 55.5 Å². The van der Waals surface area contributed by atoms with Crippen LogP contribution in [0, 0.1) is 0 Å². The standard InChI is InChI=1S/C23H24ClNOS.C3H8/c1-4-7-18(2)19(3)8-5-6-9-20-10-14-22(15-11-20)25-27(26)23-16-12-21(24)13-17-23;1-3-2/h4-17,25H,1-3H3;3H2,1-2H3/b7-4-,8-5+,9-6+,19-18-;. The molecule has 1 N–H and O–H groups in total. The minimum atomic E-state index is -1.32. The van der Waals surface area contributed by atoms with Crippen LogP contribution < -0.4 is 4.72 Å². The summed E-state index contributed by atoms with van der Waals surface area (Å²) < 4.78 is 15.3. The van der Waals surface area contributed by atoms with Crippen LogP contribution in [0.2, 0.25) is 5.02 Å². The zero-order chi connectivity index (χ0) is 22.4. The van der Waals surface area contributed by atoms with E-state index in [0.29, 0.717) is 9.92 Å². The Morgan fingerprint density at radius 3 is 2.07 bits per heavy atom. The Morgan fingerprint density at radius 1 is 0.933 bits per heavy atom. The molecule has 2 rings (SSSR count). The molecule has 0 amide bonds. The average molecular weight is 442 g/mol. The topological polar surface area (TPSA) is 29.1 Å². The second-order valence-electron chi connectivity index (χ2n) is 6.74. The van der Waals surface area contributed by atoms with Gasteiger partial charge in [0.05, 0.1) is 4.90 Å². The van der Waals surface area contributed by atoms with Crippen molar-refractivity contribution in [2.45, 2.75) is 45.9 Å². The first kappa shape index (κ1) is 25.7. The van der Waals surface area contributed by atoms with E-state index in [4.69, 9.17) is 11.6 Å². The molecule has 0 saturated carbocycles. The van der Waals surface area contributed by atoms with Crippen molar-refractivity contribution in [1.82, 2.24) is 0 Å². The third kappa shape index (κ3) is 9.91. The molecule has 2 nitrogen and oxygen atoms in total. The first-order chi connectivity index (χ1) is 14.4. The number of rotatable bonds is 7. The van der Waals surface area contributed by atoms with Crippen molar-refractivity contribution in [1.29, 1.82) is 0 Å². The number of nitrogens with one attached hydrogen (secondary N) is 1. The minimum Gasteiger partial charge on any atom is -0.301 e. The number of anilines is 1. The number of allylic oxidation sites excluding steroid dienone is 7. The van der Waals surface area contributed by atoms with Crippen molar-refractivity contribution in [2.75, 3.05) is 4.72 Å². The number of halogens is 1. The first-order valence-corrected chi connectivity index (χ1v) is 11.6. The molecule has 0 aromatic heterocycles. The van der Waals surface area contributed by atoms with E-state index in [0.717, 1.165) is 11.3 Å². The van der Waals surface area contributed by atoms with E-state index in [2.05, 4.69) is 44.6 Å². The molecule has 0 heterocycles. The Hall–Kier alpha value is -2.36. The van der Waals surface area contributed by atoms with Gasteiger partial charge >= 0.3 is 0 Å². The Labute approximate surface area is 189 Å².